The minimum absolute atomic E-state index is 0.0937. The van der Waals surface area contributed by atoms with Crippen LogP contribution in [0.2, 0.25) is 0 Å². The summed E-state index contributed by atoms with van der Waals surface area (Å²) in [4.78, 5) is 16.0. The van der Waals surface area contributed by atoms with Crippen LogP contribution in [0.1, 0.15) is 24.1 Å². The van der Waals surface area contributed by atoms with Crippen molar-refractivity contribution in [3.63, 3.8) is 0 Å². The molecule has 0 saturated heterocycles. The molecule has 1 N–H and O–H groups in total. The van der Waals surface area contributed by atoms with Crippen LogP contribution in [0.4, 0.5) is 4.39 Å². The van der Waals surface area contributed by atoms with Gasteiger partial charge in [0.15, 0.2) is 0 Å². The lowest BCUT2D eigenvalue weighted by Crippen LogP contribution is -2.35. The van der Waals surface area contributed by atoms with E-state index in [0.29, 0.717) is 11.3 Å². The van der Waals surface area contributed by atoms with Gasteiger partial charge in [-0.15, -0.1) is 0 Å². The van der Waals surface area contributed by atoms with E-state index >= 15 is 0 Å². The molecule has 4 rings (SSSR count). The van der Waals surface area contributed by atoms with E-state index in [0.717, 1.165) is 16.5 Å². The van der Waals surface area contributed by atoms with Gasteiger partial charge in [0, 0.05) is 17.4 Å². The molecule has 1 aliphatic carbocycles. The number of para-hydroxylation sites is 1. The van der Waals surface area contributed by atoms with E-state index in [4.69, 9.17) is 4.74 Å². The van der Waals surface area contributed by atoms with E-state index < -0.39 is 11.6 Å². The molecule has 3 aromatic rings. The van der Waals surface area contributed by atoms with Crippen molar-refractivity contribution in [1.29, 1.82) is 0 Å². The molecule has 0 aliphatic heterocycles. The summed E-state index contributed by atoms with van der Waals surface area (Å²) in [5.74, 6) is -1.43. The van der Waals surface area contributed by atoms with Crippen LogP contribution in [0.5, 0.6) is 0 Å². The Morgan fingerprint density at radius 2 is 1.83 bits per heavy atom. The smallest absolute Gasteiger partial charge is 0.306 e. The van der Waals surface area contributed by atoms with Gasteiger partial charge in [0.25, 0.3) is 0 Å². The molecule has 29 heavy (non-hydrogen) atoms. The molecule has 0 saturated carbocycles. The lowest BCUT2D eigenvalue weighted by Gasteiger charge is -2.32. The molecule has 1 aliphatic rings. The number of aliphatic carboxylic acids is 1. The van der Waals surface area contributed by atoms with Crippen molar-refractivity contribution < 1.29 is 19.0 Å². The van der Waals surface area contributed by atoms with Gasteiger partial charge in [0.1, 0.15) is 11.4 Å². The number of carboxylic acid groups (broad SMARTS) is 1. The highest BCUT2D eigenvalue weighted by Crippen LogP contribution is 2.38. The zero-order chi connectivity index (χ0) is 20.3. The van der Waals surface area contributed by atoms with Crippen LogP contribution < -0.4 is 0 Å². The molecule has 0 amide bonds. The molecule has 5 heteroatoms. The second kappa shape index (κ2) is 7.97. The molecule has 1 atom stereocenters. The van der Waals surface area contributed by atoms with Gasteiger partial charge < -0.3 is 9.84 Å². The number of halogens is 1. The van der Waals surface area contributed by atoms with Crippen LogP contribution in [-0.2, 0) is 16.1 Å². The van der Waals surface area contributed by atoms with Crippen molar-refractivity contribution in [3.05, 3.63) is 96.0 Å². The Balaban J connectivity index is 1.57. The van der Waals surface area contributed by atoms with Gasteiger partial charge in [0.2, 0.25) is 0 Å². The molecular formula is C24H20FNO3. The fourth-order valence-corrected chi connectivity index (χ4v) is 3.55. The molecule has 0 radical (unpaired) electrons. The molecular weight excluding hydrogens is 369 g/mol. The summed E-state index contributed by atoms with van der Waals surface area (Å²) in [6.45, 7) is 0.0937. The first-order valence-electron chi connectivity index (χ1n) is 9.38. The van der Waals surface area contributed by atoms with E-state index in [-0.39, 0.29) is 25.3 Å². The predicted molar refractivity (Wildman–Crippen MR) is 110 cm³/mol. The third kappa shape index (κ3) is 4.25. The van der Waals surface area contributed by atoms with E-state index in [1.807, 2.05) is 66.7 Å². The third-order valence-electron chi connectivity index (χ3n) is 5.00. The Morgan fingerprint density at radius 3 is 2.59 bits per heavy atom. The average molecular weight is 389 g/mol. The first-order valence-corrected chi connectivity index (χ1v) is 9.38. The first kappa shape index (κ1) is 19.0. The van der Waals surface area contributed by atoms with Crippen LogP contribution in [0, 0.1) is 0 Å². The molecule has 0 bridgehead atoms. The van der Waals surface area contributed by atoms with Gasteiger partial charge >= 0.3 is 5.97 Å². The van der Waals surface area contributed by atoms with Crippen LogP contribution >= 0.6 is 0 Å². The Bertz CT molecular complexity index is 1110. The highest BCUT2D eigenvalue weighted by atomic mass is 19.1. The number of carboxylic acids is 1. The average Bonchev–Trinajstić information content (AvgIpc) is 2.72. The fraction of sp³-hybridized carbons (Fsp3) is 0.167. The van der Waals surface area contributed by atoms with E-state index in [1.54, 1.807) is 12.2 Å². The van der Waals surface area contributed by atoms with Crippen molar-refractivity contribution in [2.45, 2.75) is 25.0 Å². The lowest BCUT2D eigenvalue weighted by atomic mass is 9.86. The number of carbonyl (C=O) groups is 1. The van der Waals surface area contributed by atoms with Gasteiger partial charge in [-0.25, -0.2) is 4.39 Å². The quantitative estimate of drug-likeness (QED) is 0.621. The van der Waals surface area contributed by atoms with Crippen molar-refractivity contribution in [3.8, 4) is 0 Å². The fourth-order valence-electron chi connectivity index (χ4n) is 3.55. The number of pyridine rings is 1. The van der Waals surface area contributed by atoms with Crippen molar-refractivity contribution in [1.82, 2.24) is 4.98 Å². The second-order valence-corrected chi connectivity index (χ2v) is 7.11. The number of allylic oxidation sites excluding steroid dienone is 2. The summed E-state index contributed by atoms with van der Waals surface area (Å²) in [7, 11) is 0. The summed E-state index contributed by atoms with van der Waals surface area (Å²) in [5, 5.41) is 10.4. The minimum Gasteiger partial charge on any atom is -0.481 e. The van der Waals surface area contributed by atoms with E-state index in [2.05, 4.69) is 4.98 Å². The largest absolute Gasteiger partial charge is 0.481 e. The summed E-state index contributed by atoms with van der Waals surface area (Å²) in [6, 6.07) is 20.7. The Hall–Kier alpha value is -3.31. The van der Waals surface area contributed by atoms with Gasteiger partial charge in [0.05, 0.1) is 24.2 Å². The number of nitrogens with zero attached hydrogens (tertiary/aromatic N) is 1. The van der Waals surface area contributed by atoms with Gasteiger partial charge in [-0.3, -0.25) is 9.78 Å². The Labute approximate surface area is 168 Å². The zero-order valence-electron chi connectivity index (χ0n) is 15.7. The molecule has 1 heterocycles. The topological polar surface area (TPSA) is 59.4 Å². The molecule has 0 fully saturated rings. The lowest BCUT2D eigenvalue weighted by molar-refractivity contribution is -0.143. The molecule has 146 valence electrons. The maximum atomic E-state index is 15.0. The molecule has 1 unspecified atom stereocenters. The Morgan fingerprint density at radius 1 is 1.07 bits per heavy atom. The van der Waals surface area contributed by atoms with Crippen LogP contribution in [0.3, 0.4) is 0 Å². The number of ether oxygens (including phenoxy) is 1. The number of aromatic nitrogens is 1. The summed E-state index contributed by atoms with van der Waals surface area (Å²) < 4.78 is 20.9. The normalized spacial score (nSPS) is 18.9. The SMILES string of the molecule is O=C(O)CC1(OCc2ccc3ccccc3n2)C=CC(c2ccccc2)=C(F)C1. The zero-order valence-corrected chi connectivity index (χ0v) is 15.7. The number of hydrogen-bond acceptors (Lipinski definition) is 3. The van der Waals surface area contributed by atoms with E-state index in [9.17, 15) is 14.3 Å². The summed E-state index contributed by atoms with van der Waals surface area (Å²) in [5.41, 5.74) is 1.46. The van der Waals surface area contributed by atoms with Gasteiger partial charge in [-0.2, -0.15) is 0 Å². The maximum Gasteiger partial charge on any atom is 0.306 e. The minimum atomic E-state index is -1.25. The number of fused-ring (bicyclic) bond motifs is 1. The van der Waals surface area contributed by atoms with E-state index in [1.165, 1.54) is 0 Å². The number of rotatable bonds is 6. The summed E-state index contributed by atoms with van der Waals surface area (Å²) >= 11 is 0. The Kier molecular flexibility index (Phi) is 5.23. The highest BCUT2D eigenvalue weighted by molar-refractivity contribution is 5.79. The molecule has 2 aromatic carbocycles. The van der Waals surface area contributed by atoms with Crippen LogP contribution in [0.25, 0.3) is 16.5 Å². The van der Waals surface area contributed by atoms with Gasteiger partial charge in [-0.05, 0) is 17.7 Å². The van der Waals surface area contributed by atoms with Crippen molar-refractivity contribution in [2.75, 3.05) is 0 Å². The molecule has 1 aromatic heterocycles. The second-order valence-electron chi connectivity index (χ2n) is 7.11. The monoisotopic (exact) mass is 389 g/mol. The summed E-state index contributed by atoms with van der Waals surface area (Å²) in [6.07, 6.45) is 2.82. The predicted octanol–water partition coefficient (Wildman–Crippen LogP) is 5.31. The molecule has 0 spiro atoms. The standard InChI is InChI=1S/C24H20FNO3/c25-21-14-24(15-23(27)28,13-12-20(21)17-6-2-1-3-7-17)29-16-19-11-10-18-8-4-5-9-22(18)26-19/h1-13H,14-16H2,(H,27,28). The number of hydrogen-bond donors (Lipinski definition) is 1. The molecule has 4 nitrogen and oxygen atoms in total. The van der Waals surface area contributed by atoms with Crippen LogP contribution in [0.15, 0.2) is 84.7 Å². The van der Waals surface area contributed by atoms with Gasteiger partial charge in [-0.1, -0.05) is 66.7 Å². The van der Waals surface area contributed by atoms with Crippen molar-refractivity contribution in [2.24, 2.45) is 0 Å². The first-order chi connectivity index (χ1) is 14.0. The third-order valence-corrected chi connectivity index (χ3v) is 5.00. The number of benzene rings is 2. The van der Waals surface area contributed by atoms with Crippen LogP contribution in [-0.4, -0.2) is 21.7 Å². The maximum absolute atomic E-state index is 15.0. The van der Waals surface area contributed by atoms with Crippen molar-refractivity contribution >= 4 is 22.4 Å². The highest BCUT2D eigenvalue weighted by Gasteiger charge is 2.36.